The van der Waals surface area contributed by atoms with Gasteiger partial charge in [0.2, 0.25) is 5.91 Å². The largest absolute Gasteiger partial charge is 0.332 e. The number of carbonyl (C=O) groups is 3. The van der Waals surface area contributed by atoms with Crippen molar-refractivity contribution in [3.63, 3.8) is 0 Å². The van der Waals surface area contributed by atoms with Crippen LogP contribution >= 0.6 is 11.3 Å². The molecule has 8 heteroatoms. The molecule has 1 atom stereocenters. The van der Waals surface area contributed by atoms with Gasteiger partial charge in [-0.3, -0.25) is 14.5 Å². The van der Waals surface area contributed by atoms with Gasteiger partial charge in [0.1, 0.15) is 17.1 Å². The Morgan fingerprint density at radius 3 is 2.79 bits per heavy atom. The van der Waals surface area contributed by atoms with E-state index in [1.165, 1.54) is 0 Å². The number of likely N-dealkylation sites (tertiary alicyclic amines) is 1. The van der Waals surface area contributed by atoms with E-state index >= 15 is 0 Å². The second-order valence-electron chi connectivity index (χ2n) is 7.88. The van der Waals surface area contributed by atoms with E-state index in [1.807, 2.05) is 24.3 Å². The Morgan fingerprint density at radius 2 is 2.00 bits per heavy atom. The van der Waals surface area contributed by atoms with Gasteiger partial charge in [-0.15, -0.1) is 11.3 Å². The Bertz CT molecular complexity index is 932. The second-order valence-corrected chi connectivity index (χ2v) is 8.94. The van der Waals surface area contributed by atoms with Gasteiger partial charge < -0.3 is 10.2 Å². The predicted octanol–water partition coefficient (Wildman–Crippen LogP) is 2.82. The molecule has 2 aliphatic heterocycles. The molecule has 2 saturated heterocycles. The summed E-state index contributed by atoms with van der Waals surface area (Å²) in [6.45, 7) is 0.446. The third-order valence-corrected chi connectivity index (χ3v) is 7.30. The number of hydrogen-bond donors (Lipinski definition) is 1. The van der Waals surface area contributed by atoms with Crippen LogP contribution < -0.4 is 5.32 Å². The zero-order valence-corrected chi connectivity index (χ0v) is 16.3. The highest BCUT2D eigenvalue weighted by molar-refractivity contribution is 7.18. The summed E-state index contributed by atoms with van der Waals surface area (Å²) in [5, 5.41) is 3.77. The smallest absolute Gasteiger partial charge is 0.325 e. The summed E-state index contributed by atoms with van der Waals surface area (Å²) in [4.78, 5) is 45.8. The molecule has 1 N–H and O–H groups in total. The van der Waals surface area contributed by atoms with Gasteiger partial charge in [0.15, 0.2) is 0 Å². The first-order valence-corrected chi connectivity index (χ1v) is 10.7. The highest BCUT2D eigenvalue weighted by Crippen LogP contribution is 2.38. The van der Waals surface area contributed by atoms with Crippen molar-refractivity contribution in [1.29, 1.82) is 0 Å². The Balaban J connectivity index is 1.34. The lowest BCUT2D eigenvalue weighted by Crippen LogP contribution is -2.46. The third kappa shape index (κ3) is 2.70. The molecule has 1 aromatic heterocycles. The number of carbonyl (C=O) groups excluding carboxylic acids is 3. The summed E-state index contributed by atoms with van der Waals surface area (Å²) < 4.78 is 1.11. The van der Waals surface area contributed by atoms with Gasteiger partial charge in [-0.25, -0.2) is 9.78 Å². The fourth-order valence-electron chi connectivity index (χ4n) is 4.72. The van der Waals surface area contributed by atoms with Crippen molar-refractivity contribution in [3.8, 4) is 0 Å². The third-order valence-electron chi connectivity index (χ3n) is 6.17. The van der Waals surface area contributed by atoms with Crippen molar-refractivity contribution in [1.82, 2.24) is 20.1 Å². The Morgan fingerprint density at radius 1 is 1.21 bits per heavy atom. The Kier molecular flexibility index (Phi) is 4.12. The van der Waals surface area contributed by atoms with Crippen LogP contribution in [0.2, 0.25) is 0 Å². The van der Waals surface area contributed by atoms with Crippen LogP contribution in [0.1, 0.15) is 49.6 Å². The first kappa shape index (κ1) is 17.6. The zero-order chi connectivity index (χ0) is 19.3. The fourth-order valence-corrected chi connectivity index (χ4v) is 5.83. The number of urea groups is 1. The first-order chi connectivity index (χ1) is 13.6. The second kappa shape index (κ2) is 6.55. The number of nitrogens with zero attached hydrogens (tertiary/aromatic N) is 3. The van der Waals surface area contributed by atoms with E-state index in [2.05, 4.69) is 5.32 Å². The highest BCUT2D eigenvalue weighted by Gasteiger charge is 2.53. The molecule has 0 radical (unpaired) electrons. The Hall–Kier alpha value is -2.48. The molecule has 3 aliphatic rings. The number of thiazole rings is 1. The minimum atomic E-state index is -0.769. The molecule has 1 spiro atoms. The van der Waals surface area contributed by atoms with Crippen LogP contribution in [0.25, 0.3) is 10.2 Å². The predicted molar refractivity (Wildman–Crippen MR) is 105 cm³/mol. The van der Waals surface area contributed by atoms with Gasteiger partial charge in [0, 0.05) is 6.54 Å². The molecule has 0 unspecified atom stereocenters. The first-order valence-electron chi connectivity index (χ1n) is 9.86. The summed E-state index contributed by atoms with van der Waals surface area (Å²) in [7, 11) is 0. The van der Waals surface area contributed by atoms with Crippen LogP contribution in [-0.4, -0.2) is 51.3 Å². The molecule has 0 bridgehead atoms. The molecule has 7 nitrogen and oxygen atoms in total. The van der Waals surface area contributed by atoms with Crippen molar-refractivity contribution in [2.24, 2.45) is 0 Å². The van der Waals surface area contributed by atoms with E-state index in [0.29, 0.717) is 19.4 Å². The SMILES string of the molecule is O=C1NC2(CCCC2)C(=O)N1CC(=O)N1CCC[C@H]1c1nc2ccccc2s1. The minimum Gasteiger partial charge on any atom is -0.332 e. The molecule has 1 saturated carbocycles. The maximum atomic E-state index is 13.0. The van der Waals surface area contributed by atoms with Crippen LogP contribution in [0, 0.1) is 0 Å². The molecule has 2 aromatic rings. The lowest BCUT2D eigenvalue weighted by molar-refractivity contribution is -0.139. The minimum absolute atomic E-state index is 0.0777. The van der Waals surface area contributed by atoms with Crippen molar-refractivity contribution in [2.75, 3.05) is 13.1 Å². The van der Waals surface area contributed by atoms with Crippen LogP contribution in [0.4, 0.5) is 4.79 Å². The number of rotatable bonds is 3. The summed E-state index contributed by atoms with van der Waals surface area (Å²) in [5.74, 6) is -0.417. The van der Waals surface area contributed by atoms with E-state index in [0.717, 1.165) is 45.8 Å². The quantitative estimate of drug-likeness (QED) is 0.806. The van der Waals surface area contributed by atoms with Crippen LogP contribution in [0.5, 0.6) is 0 Å². The molecule has 28 heavy (non-hydrogen) atoms. The molecule has 3 heterocycles. The topological polar surface area (TPSA) is 82.6 Å². The van der Waals surface area contributed by atoms with E-state index in [-0.39, 0.29) is 24.4 Å². The van der Waals surface area contributed by atoms with E-state index in [9.17, 15) is 14.4 Å². The molecule has 1 aliphatic carbocycles. The lowest BCUT2D eigenvalue weighted by Gasteiger charge is -2.25. The normalized spacial score (nSPS) is 23.9. The number of imide groups is 1. The molecular weight excluding hydrogens is 376 g/mol. The van der Waals surface area contributed by atoms with Crippen molar-refractivity contribution < 1.29 is 14.4 Å². The van der Waals surface area contributed by atoms with Crippen LogP contribution in [0.3, 0.4) is 0 Å². The fraction of sp³-hybridized carbons (Fsp3) is 0.500. The Labute approximate surface area is 166 Å². The van der Waals surface area contributed by atoms with Gasteiger partial charge in [-0.1, -0.05) is 25.0 Å². The van der Waals surface area contributed by atoms with Crippen molar-refractivity contribution in [3.05, 3.63) is 29.3 Å². The number of nitrogens with one attached hydrogen (secondary N) is 1. The number of fused-ring (bicyclic) bond motifs is 1. The molecule has 5 rings (SSSR count). The van der Waals surface area contributed by atoms with Crippen molar-refractivity contribution >= 4 is 39.4 Å². The number of aromatic nitrogens is 1. The summed E-state index contributed by atoms with van der Waals surface area (Å²) in [6, 6.07) is 7.44. The average Bonchev–Trinajstić information content (AvgIpc) is 3.45. The number of para-hydroxylation sites is 1. The molecule has 4 amide bonds. The number of hydrogen-bond acceptors (Lipinski definition) is 5. The van der Waals surface area contributed by atoms with Gasteiger partial charge in [-0.05, 0) is 37.8 Å². The molecular formula is C20H22N4O3S. The highest BCUT2D eigenvalue weighted by atomic mass is 32.1. The van der Waals surface area contributed by atoms with Gasteiger partial charge in [-0.2, -0.15) is 0 Å². The molecule has 3 fully saturated rings. The average molecular weight is 398 g/mol. The van der Waals surface area contributed by atoms with Gasteiger partial charge in [0.25, 0.3) is 5.91 Å². The molecule has 1 aromatic carbocycles. The summed E-state index contributed by atoms with van der Waals surface area (Å²) in [6.07, 6.45) is 4.95. The number of amides is 4. The standard InChI is InChI=1S/C20H22N4O3S/c25-16(12-24-18(26)20(22-19(24)27)9-3-4-10-20)23-11-5-7-14(23)17-21-13-6-1-2-8-15(13)28-17/h1-2,6,8,14H,3-5,7,9-12H2,(H,22,27)/t14-/m0/s1. The summed E-state index contributed by atoms with van der Waals surface area (Å²) >= 11 is 1.61. The van der Waals surface area contributed by atoms with Gasteiger partial charge >= 0.3 is 6.03 Å². The van der Waals surface area contributed by atoms with E-state index < -0.39 is 11.6 Å². The van der Waals surface area contributed by atoms with E-state index in [1.54, 1.807) is 16.2 Å². The molecule has 146 valence electrons. The maximum Gasteiger partial charge on any atom is 0.325 e. The van der Waals surface area contributed by atoms with Crippen LogP contribution in [0.15, 0.2) is 24.3 Å². The van der Waals surface area contributed by atoms with Crippen molar-refractivity contribution in [2.45, 2.75) is 50.1 Å². The monoisotopic (exact) mass is 398 g/mol. The van der Waals surface area contributed by atoms with Crippen LogP contribution in [-0.2, 0) is 9.59 Å². The maximum absolute atomic E-state index is 13.0. The van der Waals surface area contributed by atoms with E-state index in [4.69, 9.17) is 4.98 Å². The zero-order valence-electron chi connectivity index (χ0n) is 15.5. The summed E-state index contributed by atoms with van der Waals surface area (Å²) in [5.41, 5.74) is 0.175. The van der Waals surface area contributed by atoms with Gasteiger partial charge in [0.05, 0.1) is 16.3 Å². The number of benzene rings is 1. The lowest BCUT2D eigenvalue weighted by atomic mass is 9.98.